The Hall–Kier alpha value is -2.12. The summed E-state index contributed by atoms with van der Waals surface area (Å²) < 4.78 is 9.10. The lowest BCUT2D eigenvalue weighted by Gasteiger charge is -2.17. The van der Waals surface area contributed by atoms with Gasteiger partial charge < -0.3 is 15.2 Å². The van der Waals surface area contributed by atoms with Gasteiger partial charge in [-0.15, -0.1) is 0 Å². The molecular formula is C22H28BrN3O3. The lowest BCUT2D eigenvalue weighted by atomic mass is 10.1. The van der Waals surface area contributed by atoms with Crippen LogP contribution in [0, 0.1) is 12.8 Å². The zero-order valence-electron chi connectivity index (χ0n) is 17.2. The molecule has 2 N–H and O–H groups in total. The number of halogens is 1. The van der Waals surface area contributed by atoms with Gasteiger partial charge in [-0.25, -0.2) is 4.79 Å². The molecule has 2 aromatic rings. The predicted molar refractivity (Wildman–Crippen MR) is 117 cm³/mol. The Labute approximate surface area is 180 Å². The summed E-state index contributed by atoms with van der Waals surface area (Å²) in [6.07, 6.45) is 3.93. The Morgan fingerprint density at radius 2 is 2.10 bits per heavy atom. The van der Waals surface area contributed by atoms with Crippen molar-refractivity contribution in [3.05, 3.63) is 50.8 Å². The quantitative estimate of drug-likeness (QED) is 0.609. The fourth-order valence-electron chi connectivity index (χ4n) is 3.53. The van der Waals surface area contributed by atoms with Crippen molar-refractivity contribution in [2.24, 2.45) is 5.92 Å². The minimum absolute atomic E-state index is 0.337. The van der Waals surface area contributed by atoms with E-state index in [-0.39, 0.29) is 0 Å². The van der Waals surface area contributed by atoms with Gasteiger partial charge in [0.2, 0.25) is 0 Å². The molecule has 2 heterocycles. The maximum atomic E-state index is 11.4. The summed E-state index contributed by atoms with van der Waals surface area (Å²) in [5.74, 6) is 0.505. The number of carboxylic acids is 1. The van der Waals surface area contributed by atoms with Crippen LogP contribution in [-0.2, 0) is 17.9 Å². The molecule has 0 bridgehead atoms. The molecular weight excluding hydrogens is 434 g/mol. The molecule has 7 heteroatoms. The lowest BCUT2D eigenvalue weighted by molar-refractivity contribution is -0.132. The highest BCUT2D eigenvalue weighted by atomic mass is 79.9. The third kappa shape index (κ3) is 5.08. The van der Waals surface area contributed by atoms with E-state index in [1.807, 2.05) is 23.7 Å². The maximum Gasteiger partial charge on any atom is 0.332 e. The van der Waals surface area contributed by atoms with Crippen LogP contribution in [0.2, 0.25) is 0 Å². The zero-order chi connectivity index (χ0) is 21.0. The summed E-state index contributed by atoms with van der Waals surface area (Å²) >= 11 is 3.56. The minimum atomic E-state index is -0.901. The first-order valence-corrected chi connectivity index (χ1v) is 10.8. The molecule has 1 aliphatic heterocycles. The number of aliphatic carboxylic acids is 1. The molecule has 1 aromatic heterocycles. The van der Waals surface area contributed by atoms with Gasteiger partial charge in [0.25, 0.3) is 0 Å². The van der Waals surface area contributed by atoms with Crippen molar-refractivity contribution in [3.8, 4) is 5.75 Å². The average Bonchev–Trinajstić information content (AvgIpc) is 2.86. The molecule has 29 heavy (non-hydrogen) atoms. The van der Waals surface area contributed by atoms with Gasteiger partial charge in [0, 0.05) is 28.7 Å². The van der Waals surface area contributed by atoms with Crippen LogP contribution in [0.15, 0.2) is 28.2 Å². The number of nitrogens with zero attached hydrogens (tertiary/aromatic N) is 2. The second kappa shape index (κ2) is 9.59. The first-order valence-electron chi connectivity index (χ1n) is 10.0. The first-order chi connectivity index (χ1) is 13.9. The Morgan fingerprint density at radius 1 is 1.34 bits per heavy atom. The number of rotatable bonds is 8. The van der Waals surface area contributed by atoms with Crippen molar-refractivity contribution in [3.63, 3.8) is 0 Å². The first kappa shape index (κ1) is 21.6. The van der Waals surface area contributed by atoms with Crippen LogP contribution in [0.4, 0.5) is 0 Å². The number of carboxylic acid groups (broad SMARTS) is 1. The lowest BCUT2D eigenvalue weighted by Crippen LogP contribution is -2.21. The van der Waals surface area contributed by atoms with Crippen LogP contribution in [0.1, 0.15) is 49.2 Å². The van der Waals surface area contributed by atoms with Crippen LogP contribution in [-0.4, -0.2) is 34.0 Å². The fraction of sp³-hybridized carbons (Fsp3) is 0.455. The maximum absolute atomic E-state index is 11.4. The van der Waals surface area contributed by atoms with Crippen LogP contribution < -0.4 is 10.1 Å². The van der Waals surface area contributed by atoms with Gasteiger partial charge in [0.15, 0.2) is 0 Å². The predicted octanol–water partition coefficient (Wildman–Crippen LogP) is 4.39. The number of ether oxygens (including phenoxy) is 1. The van der Waals surface area contributed by atoms with Crippen molar-refractivity contribution < 1.29 is 14.6 Å². The zero-order valence-corrected chi connectivity index (χ0v) is 18.8. The van der Waals surface area contributed by atoms with Gasteiger partial charge in [-0.2, -0.15) is 5.10 Å². The third-order valence-corrected chi connectivity index (χ3v) is 5.95. The SMILES string of the molecule is CCC(CC)COc1ccc(Br)cc1Cn1nc(C)c2c1CNCC(C(=O)O)=C2. The van der Waals surface area contributed by atoms with E-state index in [1.54, 1.807) is 6.08 Å². The fourth-order valence-corrected chi connectivity index (χ4v) is 3.94. The molecule has 0 unspecified atom stereocenters. The molecule has 0 spiro atoms. The number of fused-ring (bicyclic) bond motifs is 1. The summed E-state index contributed by atoms with van der Waals surface area (Å²) in [7, 11) is 0. The van der Waals surface area contributed by atoms with E-state index in [4.69, 9.17) is 4.74 Å². The highest BCUT2D eigenvalue weighted by Crippen LogP contribution is 2.27. The molecule has 3 rings (SSSR count). The number of nitrogens with one attached hydrogen (secondary N) is 1. The normalized spacial score (nSPS) is 13.8. The summed E-state index contributed by atoms with van der Waals surface area (Å²) in [5.41, 5.74) is 4.11. The summed E-state index contributed by atoms with van der Waals surface area (Å²) in [5, 5.41) is 17.3. The Morgan fingerprint density at radius 3 is 2.79 bits per heavy atom. The van der Waals surface area contributed by atoms with Crippen molar-refractivity contribution in [2.75, 3.05) is 13.2 Å². The molecule has 156 valence electrons. The molecule has 0 atom stereocenters. The number of carbonyl (C=O) groups is 1. The smallest absolute Gasteiger partial charge is 0.332 e. The van der Waals surface area contributed by atoms with E-state index < -0.39 is 5.97 Å². The largest absolute Gasteiger partial charge is 0.493 e. The van der Waals surface area contributed by atoms with Gasteiger partial charge in [0.05, 0.1) is 30.1 Å². The molecule has 0 aliphatic carbocycles. The molecule has 0 amide bonds. The highest BCUT2D eigenvalue weighted by Gasteiger charge is 2.20. The molecule has 6 nitrogen and oxygen atoms in total. The van der Waals surface area contributed by atoms with Gasteiger partial charge in [-0.05, 0) is 37.1 Å². The molecule has 0 fully saturated rings. The van der Waals surface area contributed by atoms with E-state index in [9.17, 15) is 9.90 Å². The summed E-state index contributed by atoms with van der Waals surface area (Å²) in [4.78, 5) is 11.4. The number of aromatic nitrogens is 2. The molecule has 0 saturated carbocycles. The Kier molecular flexibility index (Phi) is 7.14. The minimum Gasteiger partial charge on any atom is -0.493 e. The standard InChI is InChI=1S/C22H28BrN3O3/c1-4-15(5-2)13-29-21-7-6-18(23)8-17(21)12-26-20-11-24-10-16(22(27)28)9-19(20)14(3)25-26/h6-9,15,24H,4-5,10-13H2,1-3H3,(H,27,28). The number of benzene rings is 1. The second-order valence-corrected chi connectivity index (χ2v) is 8.34. The Balaban J connectivity index is 1.90. The van der Waals surface area contributed by atoms with Crippen molar-refractivity contribution in [1.82, 2.24) is 15.1 Å². The molecule has 0 saturated heterocycles. The van der Waals surface area contributed by atoms with Gasteiger partial charge >= 0.3 is 5.97 Å². The number of hydrogen-bond donors (Lipinski definition) is 2. The monoisotopic (exact) mass is 461 g/mol. The van der Waals surface area contributed by atoms with Crippen LogP contribution in [0.3, 0.4) is 0 Å². The summed E-state index contributed by atoms with van der Waals surface area (Å²) in [6, 6.07) is 6.05. The van der Waals surface area contributed by atoms with E-state index in [0.717, 1.165) is 45.6 Å². The molecule has 1 aliphatic rings. The van der Waals surface area contributed by atoms with E-state index in [1.165, 1.54) is 0 Å². The number of hydrogen-bond acceptors (Lipinski definition) is 4. The highest BCUT2D eigenvalue weighted by molar-refractivity contribution is 9.10. The van der Waals surface area contributed by atoms with Crippen LogP contribution >= 0.6 is 15.9 Å². The van der Waals surface area contributed by atoms with E-state index in [0.29, 0.717) is 37.7 Å². The van der Waals surface area contributed by atoms with Gasteiger partial charge in [0.1, 0.15) is 5.75 Å². The van der Waals surface area contributed by atoms with Crippen LogP contribution in [0.25, 0.3) is 6.08 Å². The molecule has 1 aromatic carbocycles. The van der Waals surface area contributed by atoms with Crippen molar-refractivity contribution >= 4 is 28.0 Å². The Bertz CT molecular complexity index is 916. The molecule has 0 radical (unpaired) electrons. The average molecular weight is 462 g/mol. The topological polar surface area (TPSA) is 76.4 Å². The van der Waals surface area contributed by atoms with Crippen molar-refractivity contribution in [1.29, 1.82) is 0 Å². The summed E-state index contributed by atoms with van der Waals surface area (Å²) in [6.45, 7) is 8.46. The van der Waals surface area contributed by atoms with Crippen molar-refractivity contribution in [2.45, 2.75) is 46.7 Å². The number of aryl methyl sites for hydroxylation is 1. The van der Waals surface area contributed by atoms with Gasteiger partial charge in [-0.3, -0.25) is 4.68 Å². The second-order valence-electron chi connectivity index (χ2n) is 7.43. The van der Waals surface area contributed by atoms with Gasteiger partial charge in [-0.1, -0.05) is 42.6 Å². The van der Waals surface area contributed by atoms with Crippen LogP contribution in [0.5, 0.6) is 5.75 Å². The third-order valence-electron chi connectivity index (χ3n) is 5.46. The van der Waals surface area contributed by atoms with E-state index >= 15 is 0 Å². The van der Waals surface area contributed by atoms with E-state index in [2.05, 4.69) is 46.3 Å².